The molecule has 0 saturated heterocycles. The van der Waals surface area contributed by atoms with E-state index in [1.807, 2.05) is 0 Å². The Morgan fingerprint density at radius 1 is 1.10 bits per heavy atom. The summed E-state index contributed by atoms with van der Waals surface area (Å²) in [6, 6.07) is 8.83. The Labute approximate surface area is 142 Å². The third-order valence-corrected chi connectivity index (χ3v) is 7.81. The van der Waals surface area contributed by atoms with Crippen molar-refractivity contribution in [3.8, 4) is 0 Å². The number of nitrogens with zero attached hydrogens (tertiary/aromatic N) is 1. The first-order valence-corrected chi connectivity index (χ1v) is 10.3. The molecule has 108 valence electrons. The molecule has 0 saturated carbocycles. The van der Waals surface area contributed by atoms with Crippen LogP contribution in [0, 0.1) is 0 Å². The summed E-state index contributed by atoms with van der Waals surface area (Å²) in [7, 11) is 0. The number of allylic oxidation sites excluding steroid dienone is 1. The number of aliphatic imine (C=N–C) groups is 1. The van der Waals surface area contributed by atoms with Crippen LogP contribution in [-0.2, 0) is 0 Å². The number of hydrogen-bond acceptors (Lipinski definition) is 1. The first-order valence-electron chi connectivity index (χ1n) is 7.48. The molecule has 0 radical (unpaired) electrons. The van der Waals surface area contributed by atoms with E-state index in [9.17, 15) is 0 Å². The van der Waals surface area contributed by atoms with Crippen molar-refractivity contribution >= 4 is 46.6 Å². The van der Waals surface area contributed by atoms with Gasteiger partial charge in [-0.15, -0.1) is 0 Å². The van der Waals surface area contributed by atoms with E-state index < -0.39 is 0 Å². The molecular formula is C17H22INSe. The molecule has 0 amide bonds. The second-order valence-corrected chi connectivity index (χ2v) is 8.42. The van der Waals surface area contributed by atoms with Crippen molar-refractivity contribution in [2.24, 2.45) is 4.99 Å². The van der Waals surface area contributed by atoms with Crippen LogP contribution < -0.4 is 0 Å². The van der Waals surface area contributed by atoms with Gasteiger partial charge in [0.1, 0.15) is 0 Å². The van der Waals surface area contributed by atoms with Crippen LogP contribution in [-0.4, -0.2) is 26.1 Å². The summed E-state index contributed by atoms with van der Waals surface area (Å²) in [5.74, 6) is 0. The van der Waals surface area contributed by atoms with Crippen LogP contribution in [0.15, 0.2) is 32.8 Å². The number of rotatable bonds is 6. The molecule has 0 N–H and O–H groups in total. The fourth-order valence-electron chi connectivity index (χ4n) is 2.18. The Kier molecular flexibility index (Phi) is 6.79. The summed E-state index contributed by atoms with van der Waals surface area (Å²) in [5, 5.41) is 0. The van der Waals surface area contributed by atoms with Gasteiger partial charge in [0.2, 0.25) is 0 Å². The van der Waals surface area contributed by atoms with Crippen LogP contribution >= 0.6 is 22.6 Å². The molecule has 0 spiro atoms. The van der Waals surface area contributed by atoms with Gasteiger partial charge in [-0.05, 0) is 0 Å². The summed E-state index contributed by atoms with van der Waals surface area (Å²) in [6.45, 7) is 5.48. The van der Waals surface area contributed by atoms with Gasteiger partial charge in [0.25, 0.3) is 0 Å². The van der Waals surface area contributed by atoms with E-state index in [2.05, 4.69) is 60.7 Å². The number of halogens is 1. The zero-order valence-corrected chi connectivity index (χ0v) is 16.2. The van der Waals surface area contributed by atoms with Crippen molar-refractivity contribution in [1.82, 2.24) is 0 Å². The van der Waals surface area contributed by atoms with E-state index in [-0.39, 0.29) is 0 Å². The first kappa shape index (κ1) is 16.3. The second kappa shape index (κ2) is 8.35. The molecule has 20 heavy (non-hydrogen) atoms. The third kappa shape index (κ3) is 3.96. The van der Waals surface area contributed by atoms with Crippen LogP contribution in [0.4, 0.5) is 0 Å². The molecule has 0 atom stereocenters. The van der Waals surface area contributed by atoms with Crippen molar-refractivity contribution in [2.75, 3.05) is 6.54 Å². The molecule has 1 heterocycles. The van der Waals surface area contributed by atoms with E-state index in [1.165, 1.54) is 47.8 Å². The van der Waals surface area contributed by atoms with E-state index >= 15 is 0 Å². The minimum absolute atomic E-state index is 0.404. The number of hydrogen-bond donors (Lipinski definition) is 0. The molecule has 1 aromatic rings. The molecule has 1 aromatic carbocycles. The topological polar surface area (TPSA) is 12.4 Å². The fourth-order valence-corrected chi connectivity index (χ4v) is 5.81. The van der Waals surface area contributed by atoms with Gasteiger partial charge in [-0.2, -0.15) is 0 Å². The minimum atomic E-state index is 0.404. The zero-order chi connectivity index (χ0) is 14.4. The predicted octanol–water partition coefficient (Wildman–Crippen LogP) is 5.24. The SMILES string of the molecule is CCCCN=C1[Se]/C(=C(\I)CCCC)c2ccccc21. The van der Waals surface area contributed by atoms with Crippen molar-refractivity contribution in [2.45, 2.75) is 46.0 Å². The van der Waals surface area contributed by atoms with Crippen LogP contribution in [0.2, 0.25) is 0 Å². The van der Waals surface area contributed by atoms with Crippen molar-refractivity contribution in [1.29, 1.82) is 0 Å². The summed E-state index contributed by atoms with van der Waals surface area (Å²) >= 11 is 2.96. The fraction of sp³-hybridized carbons (Fsp3) is 0.471. The van der Waals surface area contributed by atoms with Crippen molar-refractivity contribution in [3.63, 3.8) is 0 Å². The molecule has 1 aliphatic heterocycles. The number of fused-ring (bicyclic) bond motifs is 1. The molecule has 0 bridgehead atoms. The molecule has 0 fully saturated rings. The average Bonchev–Trinajstić information content (AvgIpc) is 2.84. The number of unbranched alkanes of at least 4 members (excludes halogenated alkanes) is 2. The van der Waals surface area contributed by atoms with Gasteiger partial charge in [-0.3, -0.25) is 0 Å². The summed E-state index contributed by atoms with van der Waals surface area (Å²) in [4.78, 5) is 4.87. The average molecular weight is 446 g/mol. The predicted molar refractivity (Wildman–Crippen MR) is 99.0 cm³/mol. The van der Waals surface area contributed by atoms with Crippen molar-refractivity contribution in [3.05, 3.63) is 39.0 Å². The van der Waals surface area contributed by atoms with Crippen LogP contribution in [0.5, 0.6) is 0 Å². The summed E-state index contributed by atoms with van der Waals surface area (Å²) < 4.78 is 4.50. The second-order valence-electron chi connectivity index (χ2n) is 5.03. The van der Waals surface area contributed by atoms with Crippen LogP contribution in [0.3, 0.4) is 0 Å². The van der Waals surface area contributed by atoms with Crippen LogP contribution in [0.25, 0.3) is 4.47 Å². The molecule has 0 aromatic heterocycles. The monoisotopic (exact) mass is 447 g/mol. The van der Waals surface area contributed by atoms with Gasteiger partial charge in [0.05, 0.1) is 0 Å². The normalized spacial score (nSPS) is 18.4. The number of benzene rings is 1. The summed E-state index contributed by atoms with van der Waals surface area (Å²) in [6.07, 6.45) is 6.22. The van der Waals surface area contributed by atoms with Crippen LogP contribution in [0.1, 0.15) is 57.1 Å². The maximum absolute atomic E-state index is 4.87. The molecule has 0 unspecified atom stereocenters. The zero-order valence-electron chi connectivity index (χ0n) is 12.3. The van der Waals surface area contributed by atoms with Gasteiger partial charge < -0.3 is 0 Å². The Morgan fingerprint density at radius 2 is 1.80 bits per heavy atom. The van der Waals surface area contributed by atoms with Gasteiger partial charge in [0, 0.05) is 0 Å². The Hall–Kier alpha value is -0.121. The van der Waals surface area contributed by atoms with E-state index in [0.29, 0.717) is 15.0 Å². The van der Waals surface area contributed by atoms with Crippen molar-refractivity contribution < 1.29 is 0 Å². The standard InChI is InChI=1S/C17H22INSe/c1-3-5-11-15(18)16-13-9-7-8-10-14(13)17(20-16)19-12-6-4-2/h7-10H,3-6,11-12H2,1-2H3/b16-15-,19-17?. The summed E-state index contributed by atoms with van der Waals surface area (Å²) in [5.41, 5.74) is 2.84. The Balaban J connectivity index is 2.28. The quantitative estimate of drug-likeness (QED) is 0.322. The maximum atomic E-state index is 4.87. The molecular weight excluding hydrogens is 424 g/mol. The van der Waals surface area contributed by atoms with E-state index in [0.717, 1.165) is 6.54 Å². The third-order valence-electron chi connectivity index (χ3n) is 3.36. The van der Waals surface area contributed by atoms with Gasteiger partial charge in [-0.25, -0.2) is 0 Å². The van der Waals surface area contributed by atoms with E-state index in [1.54, 1.807) is 8.05 Å². The van der Waals surface area contributed by atoms with Gasteiger partial charge in [0.15, 0.2) is 0 Å². The van der Waals surface area contributed by atoms with Gasteiger partial charge >= 0.3 is 143 Å². The molecule has 0 aliphatic carbocycles. The Morgan fingerprint density at radius 3 is 2.50 bits per heavy atom. The van der Waals surface area contributed by atoms with E-state index in [4.69, 9.17) is 4.99 Å². The van der Waals surface area contributed by atoms with Gasteiger partial charge in [-0.1, -0.05) is 0 Å². The molecule has 3 heteroatoms. The molecule has 1 nitrogen and oxygen atoms in total. The Bertz CT molecular complexity index is 519. The molecule has 1 aliphatic rings. The molecule has 2 rings (SSSR count). The first-order chi connectivity index (χ1) is 9.77.